The minimum Gasteiger partial charge on any atom is -0.198 e. The summed E-state index contributed by atoms with van der Waals surface area (Å²) in [6.07, 6.45) is 0.473. The van der Waals surface area contributed by atoms with Gasteiger partial charge in [-0.25, -0.2) is 0 Å². The van der Waals surface area contributed by atoms with Gasteiger partial charge in [-0.15, -0.1) is 0 Å². The summed E-state index contributed by atoms with van der Waals surface area (Å²) in [4.78, 5) is 0. The Hall–Kier alpha value is -1.55. The van der Waals surface area contributed by atoms with Gasteiger partial charge in [-0.2, -0.15) is 5.26 Å². The summed E-state index contributed by atoms with van der Waals surface area (Å²) < 4.78 is 0. The summed E-state index contributed by atoms with van der Waals surface area (Å²) in [7, 11) is 0. The zero-order valence-corrected chi connectivity index (χ0v) is 7.17. The van der Waals surface area contributed by atoms with E-state index in [9.17, 15) is 0 Å². The topological polar surface area (TPSA) is 23.8 Å². The predicted octanol–water partition coefficient (Wildman–Crippen LogP) is 2.79. The van der Waals surface area contributed by atoms with Gasteiger partial charge < -0.3 is 0 Å². The standard InChI is InChI=1S/C11H11N/c1-9(2)11-5-3-4-10(8-11)6-7-12/h3-5,8H,1,6H2,2H3. The van der Waals surface area contributed by atoms with Crippen LogP contribution in [0.2, 0.25) is 0 Å². The molecular weight excluding hydrogens is 146 g/mol. The first-order valence-corrected chi connectivity index (χ1v) is 3.86. The Labute approximate surface area is 73.0 Å². The van der Waals surface area contributed by atoms with Crippen molar-refractivity contribution in [2.24, 2.45) is 0 Å². The van der Waals surface area contributed by atoms with Crippen molar-refractivity contribution in [2.45, 2.75) is 13.3 Å². The summed E-state index contributed by atoms with van der Waals surface area (Å²) in [6.45, 7) is 5.81. The average Bonchev–Trinajstić information content (AvgIpc) is 2.05. The first-order valence-electron chi connectivity index (χ1n) is 3.86. The van der Waals surface area contributed by atoms with Crippen LogP contribution in [0, 0.1) is 11.3 Å². The summed E-state index contributed by atoms with van der Waals surface area (Å²) in [5.74, 6) is 0. The maximum Gasteiger partial charge on any atom is 0.0669 e. The Kier molecular flexibility index (Phi) is 2.66. The van der Waals surface area contributed by atoms with Crippen molar-refractivity contribution in [3.63, 3.8) is 0 Å². The molecular formula is C11H11N. The van der Waals surface area contributed by atoms with E-state index >= 15 is 0 Å². The van der Waals surface area contributed by atoms with Crippen molar-refractivity contribution >= 4 is 5.57 Å². The normalized spacial score (nSPS) is 9.00. The molecule has 0 saturated heterocycles. The third-order valence-electron chi connectivity index (χ3n) is 1.70. The molecule has 60 valence electrons. The van der Waals surface area contributed by atoms with Gasteiger partial charge in [0.1, 0.15) is 0 Å². The van der Waals surface area contributed by atoms with Gasteiger partial charge in [-0.3, -0.25) is 0 Å². The number of nitrogens with zero attached hydrogens (tertiary/aromatic N) is 1. The molecule has 0 aliphatic rings. The van der Waals surface area contributed by atoms with E-state index in [0.717, 1.165) is 16.7 Å². The largest absolute Gasteiger partial charge is 0.198 e. The van der Waals surface area contributed by atoms with Crippen LogP contribution in [0.15, 0.2) is 30.8 Å². The van der Waals surface area contributed by atoms with E-state index in [2.05, 4.69) is 12.6 Å². The summed E-state index contributed by atoms with van der Waals surface area (Å²) in [5.41, 5.74) is 3.20. The quantitative estimate of drug-likeness (QED) is 0.647. The van der Waals surface area contributed by atoms with Crippen molar-refractivity contribution in [3.8, 4) is 6.07 Å². The Morgan fingerprint density at radius 1 is 1.58 bits per heavy atom. The van der Waals surface area contributed by atoms with E-state index < -0.39 is 0 Å². The van der Waals surface area contributed by atoms with Crippen molar-refractivity contribution in [1.82, 2.24) is 0 Å². The molecule has 0 atom stereocenters. The SMILES string of the molecule is C=C(C)c1cccc(CC#N)c1. The van der Waals surface area contributed by atoms with Crippen molar-refractivity contribution in [1.29, 1.82) is 5.26 Å². The van der Waals surface area contributed by atoms with Crippen LogP contribution < -0.4 is 0 Å². The molecule has 0 unspecified atom stereocenters. The number of nitriles is 1. The van der Waals surface area contributed by atoms with Gasteiger partial charge >= 0.3 is 0 Å². The summed E-state index contributed by atoms with van der Waals surface area (Å²) in [5, 5.41) is 8.48. The van der Waals surface area contributed by atoms with Gasteiger partial charge in [-0.1, -0.05) is 36.4 Å². The van der Waals surface area contributed by atoms with Crippen LogP contribution >= 0.6 is 0 Å². The molecule has 0 heterocycles. The molecule has 1 aromatic carbocycles. The molecule has 0 spiro atoms. The maximum atomic E-state index is 8.48. The molecule has 0 N–H and O–H groups in total. The van der Waals surface area contributed by atoms with Crippen molar-refractivity contribution < 1.29 is 0 Å². The Morgan fingerprint density at radius 3 is 2.92 bits per heavy atom. The number of hydrogen-bond donors (Lipinski definition) is 0. The molecule has 0 fully saturated rings. The Bertz CT molecular complexity index is 331. The van der Waals surface area contributed by atoms with Crippen LogP contribution in [0.1, 0.15) is 18.1 Å². The van der Waals surface area contributed by atoms with E-state index in [1.165, 1.54) is 0 Å². The maximum absolute atomic E-state index is 8.48. The fraction of sp³-hybridized carbons (Fsp3) is 0.182. The first kappa shape index (κ1) is 8.55. The molecule has 0 aliphatic carbocycles. The van der Waals surface area contributed by atoms with Crippen LogP contribution in [-0.4, -0.2) is 0 Å². The van der Waals surface area contributed by atoms with Crippen LogP contribution in [0.4, 0.5) is 0 Å². The highest BCUT2D eigenvalue weighted by Crippen LogP contribution is 2.13. The van der Waals surface area contributed by atoms with Gasteiger partial charge in [0.15, 0.2) is 0 Å². The molecule has 1 nitrogen and oxygen atoms in total. The lowest BCUT2D eigenvalue weighted by atomic mass is 10.0. The minimum absolute atomic E-state index is 0.473. The molecule has 1 heteroatoms. The zero-order valence-electron chi connectivity index (χ0n) is 7.17. The molecule has 0 radical (unpaired) electrons. The molecule has 0 bridgehead atoms. The van der Waals surface area contributed by atoms with Crippen molar-refractivity contribution in [2.75, 3.05) is 0 Å². The lowest BCUT2D eigenvalue weighted by Gasteiger charge is -2.00. The second-order valence-corrected chi connectivity index (χ2v) is 2.82. The lowest BCUT2D eigenvalue weighted by Crippen LogP contribution is -1.83. The third kappa shape index (κ3) is 1.96. The molecule has 0 amide bonds. The van der Waals surface area contributed by atoms with Crippen molar-refractivity contribution in [3.05, 3.63) is 42.0 Å². The lowest BCUT2D eigenvalue weighted by molar-refractivity contribution is 1.26. The first-order chi connectivity index (χ1) is 5.74. The van der Waals surface area contributed by atoms with Gasteiger partial charge in [0, 0.05) is 0 Å². The van der Waals surface area contributed by atoms with Crippen LogP contribution in [0.5, 0.6) is 0 Å². The molecule has 0 aliphatic heterocycles. The van der Waals surface area contributed by atoms with Gasteiger partial charge in [0.25, 0.3) is 0 Å². The Morgan fingerprint density at radius 2 is 2.33 bits per heavy atom. The fourth-order valence-corrected chi connectivity index (χ4v) is 1.04. The molecule has 1 rings (SSSR count). The van der Waals surface area contributed by atoms with Crippen LogP contribution in [0.3, 0.4) is 0 Å². The van der Waals surface area contributed by atoms with Gasteiger partial charge in [0.05, 0.1) is 12.5 Å². The fourth-order valence-electron chi connectivity index (χ4n) is 1.04. The smallest absolute Gasteiger partial charge is 0.0669 e. The average molecular weight is 157 g/mol. The second-order valence-electron chi connectivity index (χ2n) is 2.82. The van der Waals surface area contributed by atoms with Crippen LogP contribution in [0.25, 0.3) is 5.57 Å². The Balaban J connectivity index is 2.97. The molecule has 12 heavy (non-hydrogen) atoms. The molecule has 0 saturated carbocycles. The number of rotatable bonds is 2. The van der Waals surface area contributed by atoms with E-state index in [1.807, 2.05) is 31.2 Å². The second kappa shape index (κ2) is 3.73. The summed E-state index contributed by atoms with van der Waals surface area (Å²) in [6, 6.07) is 10.0. The van der Waals surface area contributed by atoms with E-state index in [0.29, 0.717) is 6.42 Å². The number of benzene rings is 1. The van der Waals surface area contributed by atoms with E-state index in [1.54, 1.807) is 0 Å². The third-order valence-corrected chi connectivity index (χ3v) is 1.70. The monoisotopic (exact) mass is 157 g/mol. The summed E-state index contributed by atoms with van der Waals surface area (Å²) >= 11 is 0. The number of hydrogen-bond acceptors (Lipinski definition) is 1. The van der Waals surface area contributed by atoms with E-state index in [4.69, 9.17) is 5.26 Å². The van der Waals surface area contributed by atoms with Gasteiger partial charge in [0.2, 0.25) is 0 Å². The molecule has 1 aromatic rings. The van der Waals surface area contributed by atoms with Gasteiger partial charge in [-0.05, 0) is 18.1 Å². The number of allylic oxidation sites excluding steroid dienone is 1. The molecule has 0 aromatic heterocycles. The zero-order chi connectivity index (χ0) is 8.97. The van der Waals surface area contributed by atoms with Crippen LogP contribution in [-0.2, 0) is 6.42 Å². The highest BCUT2D eigenvalue weighted by atomic mass is 14.2. The minimum atomic E-state index is 0.473. The van der Waals surface area contributed by atoms with E-state index in [-0.39, 0.29) is 0 Å². The predicted molar refractivity (Wildman–Crippen MR) is 50.5 cm³/mol. The highest BCUT2D eigenvalue weighted by molar-refractivity contribution is 5.61. The highest BCUT2D eigenvalue weighted by Gasteiger charge is 1.94.